The van der Waals surface area contributed by atoms with Crippen LogP contribution in [0.25, 0.3) is 0 Å². The minimum Gasteiger partial charge on any atom is -1.00 e. The molecular weight excluding hydrogens is 289 g/mol. The molecule has 0 atom stereocenters. The maximum Gasteiger partial charge on any atom is 1.00 e. The Morgan fingerprint density at radius 2 is 1.17 bits per heavy atom. The molecule has 1 aromatic heterocycles. The van der Waals surface area contributed by atoms with Crippen molar-refractivity contribution in [3.63, 3.8) is 0 Å². The van der Waals surface area contributed by atoms with E-state index in [1.807, 2.05) is 0 Å². The molecule has 0 aliphatic heterocycles. The summed E-state index contributed by atoms with van der Waals surface area (Å²) in [6, 6.07) is 2.44. The van der Waals surface area contributed by atoms with Crippen molar-refractivity contribution in [3.05, 3.63) is 24.5 Å². The van der Waals surface area contributed by atoms with Gasteiger partial charge in [-0.15, -0.1) is 0 Å². The van der Waals surface area contributed by atoms with Crippen LogP contribution in [-0.4, -0.2) is 56.3 Å². The van der Waals surface area contributed by atoms with Gasteiger partial charge in [0.2, 0.25) is 0 Å². The molecule has 0 saturated carbocycles. The zero-order valence-corrected chi connectivity index (χ0v) is 12.2. The second-order valence-corrected chi connectivity index (χ2v) is 3.08. The third-order valence-corrected chi connectivity index (χ3v) is 1.82. The van der Waals surface area contributed by atoms with Crippen LogP contribution in [0.5, 0.6) is 0 Å². The minimum atomic E-state index is -4.04. The molecule has 0 amide bonds. The summed E-state index contributed by atoms with van der Waals surface area (Å²) in [6.45, 7) is 0. The number of nitrogens with zero attached hydrogens (tertiary/aromatic N) is 1. The average molecular weight is 309 g/mol. The molecule has 15 N–H and O–H groups in total. The van der Waals surface area contributed by atoms with E-state index in [0.29, 0.717) is 0 Å². The fraction of sp³-hybridized carbons (Fsp3) is 0. The van der Waals surface area contributed by atoms with Crippen LogP contribution in [0.1, 0.15) is 1.43 Å². The van der Waals surface area contributed by atoms with E-state index >= 15 is 0 Å². The Labute approximate surface area is 127 Å². The van der Waals surface area contributed by atoms with Gasteiger partial charge in [-0.2, -0.15) is 8.42 Å². The summed E-state index contributed by atoms with van der Waals surface area (Å²) in [6.07, 6.45) is 2.59. The SMILES string of the molecule is O.O.O.O.O.O.O.O=S(=O)(O)c1ccncc1.[H-].[Na+]. The summed E-state index contributed by atoms with van der Waals surface area (Å²) in [5.41, 5.74) is 0. The summed E-state index contributed by atoms with van der Waals surface area (Å²) in [5.74, 6) is 0. The van der Waals surface area contributed by atoms with Crippen LogP contribution in [-0.2, 0) is 10.1 Å². The molecule has 0 bridgehead atoms. The van der Waals surface area contributed by atoms with Gasteiger partial charge in [0.05, 0.1) is 4.90 Å². The van der Waals surface area contributed by atoms with Gasteiger partial charge >= 0.3 is 29.6 Å². The third kappa shape index (κ3) is 18.2. The zero-order chi connectivity index (χ0) is 7.61. The fourth-order valence-electron chi connectivity index (χ4n) is 0.510. The molecule has 1 aromatic rings. The Morgan fingerprint density at radius 1 is 0.889 bits per heavy atom. The quantitative estimate of drug-likeness (QED) is 0.390. The molecule has 1 rings (SSSR count). The van der Waals surface area contributed by atoms with Gasteiger partial charge in [0.1, 0.15) is 0 Å². The molecule has 0 aliphatic carbocycles. The Morgan fingerprint density at radius 3 is 1.33 bits per heavy atom. The van der Waals surface area contributed by atoms with Crippen LogP contribution in [0, 0.1) is 0 Å². The van der Waals surface area contributed by atoms with Gasteiger partial charge in [-0.1, -0.05) is 0 Å². The van der Waals surface area contributed by atoms with E-state index in [9.17, 15) is 8.42 Å². The van der Waals surface area contributed by atoms with Gasteiger partial charge in [-0.05, 0) is 12.1 Å². The van der Waals surface area contributed by atoms with E-state index in [1.54, 1.807) is 0 Å². The number of hydrogen-bond acceptors (Lipinski definition) is 3. The van der Waals surface area contributed by atoms with Crippen LogP contribution < -0.4 is 29.6 Å². The van der Waals surface area contributed by atoms with E-state index in [2.05, 4.69) is 4.98 Å². The molecule has 0 fully saturated rings. The standard InChI is InChI=1S/C5H5NO3S.Na.7H2O.H/c7-10(8,9)5-1-3-6-4-2-5;;;;;;;;;/h1-4H,(H,7,8,9);;7*1H2;/q;+1;;;;;;;;-1. The first kappa shape index (κ1) is 52.3. The van der Waals surface area contributed by atoms with Gasteiger partial charge in [-0.25, -0.2) is 0 Å². The monoisotopic (exact) mass is 309 g/mol. The van der Waals surface area contributed by atoms with Gasteiger partial charge < -0.3 is 39.8 Å². The van der Waals surface area contributed by atoms with Gasteiger partial charge in [0.15, 0.2) is 0 Å². The normalized spacial score (nSPS) is 6.28. The molecule has 0 aliphatic rings. The van der Waals surface area contributed by atoms with Crippen LogP contribution in [0.4, 0.5) is 0 Å². The summed E-state index contributed by atoms with van der Waals surface area (Å²) in [4.78, 5) is 3.45. The predicted octanol–water partition coefficient (Wildman–Crippen LogP) is -8.33. The van der Waals surface area contributed by atoms with Crippen molar-refractivity contribution in [2.24, 2.45) is 0 Å². The number of rotatable bonds is 1. The van der Waals surface area contributed by atoms with Crippen LogP contribution in [0.15, 0.2) is 29.4 Å². The van der Waals surface area contributed by atoms with E-state index in [0.717, 1.165) is 0 Å². The summed E-state index contributed by atoms with van der Waals surface area (Å²) >= 11 is 0. The van der Waals surface area contributed by atoms with Crippen molar-refractivity contribution in [2.45, 2.75) is 4.90 Å². The summed E-state index contributed by atoms with van der Waals surface area (Å²) < 4.78 is 29.2. The van der Waals surface area contributed by atoms with Crippen molar-refractivity contribution in [1.82, 2.24) is 4.98 Å². The molecule has 112 valence electrons. The van der Waals surface area contributed by atoms with E-state index in [4.69, 9.17) is 4.55 Å². The predicted molar refractivity (Wildman–Crippen MR) is 60.5 cm³/mol. The van der Waals surface area contributed by atoms with Crippen molar-refractivity contribution in [3.8, 4) is 0 Å². The molecule has 18 heavy (non-hydrogen) atoms. The number of aromatic nitrogens is 1. The molecule has 0 radical (unpaired) electrons. The Bertz CT molecular complexity index is 324. The second-order valence-electron chi connectivity index (χ2n) is 1.66. The molecular formula is C5H20NNaO10S. The first-order valence-electron chi connectivity index (χ1n) is 2.48. The van der Waals surface area contributed by atoms with Crippen molar-refractivity contribution in [2.75, 3.05) is 0 Å². The average Bonchev–Trinajstić information content (AvgIpc) is 1.88. The Hall–Kier alpha value is -0.220. The summed E-state index contributed by atoms with van der Waals surface area (Å²) in [7, 11) is -4.04. The van der Waals surface area contributed by atoms with Gasteiger partial charge in [0.25, 0.3) is 10.1 Å². The smallest absolute Gasteiger partial charge is 1.00 e. The number of pyridine rings is 1. The first-order chi connectivity index (χ1) is 4.61. The Kier molecular flexibility index (Phi) is 64.0. The van der Waals surface area contributed by atoms with Crippen LogP contribution in [0.3, 0.4) is 0 Å². The molecule has 1 heterocycles. The van der Waals surface area contributed by atoms with Crippen LogP contribution >= 0.6 is 0 Å². The van der Waals surface area contributed by atoms with Gasteiger partial charge in [-0.3, -0.25) is 9.54 Å². The minimum absolute atomic E-state index is 0. The van der Waals surface area contributed by atoms with E-state index in [1.165, 1.54) is 24.5 Å². The summed E-state index contributed by atoms with van der Waals surface area (Å²) in [5, 5.41) is 0. The topological polar surface area (TPSA) is 288 Å². The Balaban J connectivity index is -0.0000000159. The largest absolute Gasteiger partial charge is 1.00 e. The van der Waals surface area contributed by atoms with E-state index < -0.39 is 10.1 Å². The van der Waals surface area contributed by atoms with Gasteiger partial charge in [0, 0.05) is 12.4 Å². The third-order valence-electron chi connectivity index (χ3n) is 0.948. The maximum absolute atomic E-state index is 10.4. The van der Waals surface area contributed by atoms with Crippen molar-refractivity contribution < 1.29 is 82.3 Å². The van der Waals surface area contributed by atoms with Crippen molar-refractivity contribution in [1.29, 1.82) is 0 Å². The second kappa shape index (κ2) is 22.0. The zero-order valence-electron chi connectivity index (χ0n) is 10.4. The molecule has 0 spiro atoms. The molecule has 0 unspecified atom stereocenters. The van der Waals surface area contributed by atoms with Crippen molar-refractivity contribution >= 4 is 10.1 Å². The number of hydrogen-bond donors (Lipinski definition) is 1. The van der Waals surface area contributed by atoms with Crippen LogP contribution in [0.2, 0.25) is 0 Å². The molecule has 11 nitrogen and oxygen atoms in total. The maximum atomic E-state index is 10.4. The molecule has 0 saturated heterocycles. The molecule has 0 aromatic carbocycles. The molecule has 13 heteroatoms. The first-order valence-corrected chi connectivity index (χ1v) is 3.92. The fourth-order valence-corrected chi connectivity index (χ4v) is 0.976. The van der Waals surface area contributed by atoms with E-state index in [-0.39, 0.29) is 74.2 Å².